The van der Waals surface area contributed by atoms with E-state index in [9.17, 15) is 9.59 Å². The van der Waals surface area contributed by atoms with Crippen LogP contribution in [-0.2, 0) is 4.79 Å². The van der Waals surface area contributed by atoms with E-state index in [1.165, 1.54) is 6.92 Å². The minimum Gasteiger partial charge on any atom is -0.427 e. The molecule has 0 aliphatic carbocycles. The maximum atomic E-state index is 11.7. The molecule has 0 saturated carbocycles. The fourth-order valence-corrected chi connectivity index (χ4v) is 1.28. The van der Waals surface area contributed by atoms with Crippen LogP contribution in [0.2, 0.25) is 0 Å². The Balaban J connectivity index is 2.81. The first-order valence-electron chi connectivity index (χ1n) is 4.95. The molecule has 0 spiro atoms. The first-order valence-corrected chi connectivity index (χ1v) is 4.95. The molecule has 0 N–H and O–H groups in total. The van der Waals surface area contributed by atoms with E-state index in [2.05, 4.69) is 0 Å². The summed E-state index contributed by atoms with van der Waals surface area (Å²) in [6.07, 6.45) is 0. The van der Waals surface area contributed by atoms with Crippen LogP contribution in [0.4, 0.5) is 0 Å². The van der Waals surface area contributed by atoms with Gasteiger partial charge in [0.25, 0.3) is 0 Å². The lowest BCUT2D eigenvalue weighted by atomic mass is 10.1. The van der Waals surface area contributed by atoms with E-state index in [-0.39, 0.29) is 5.78 Å². The Morgan fingerprint density at radius 1 is 1.31 bits per heavy atom. The summed E-state index contributed by atoms with van der Waals surface area (Å²) in [6, 6.07) is 6.63. The Hall–Kier alpha value is -1.68. The Morgan fingerprint density at radius 3 is 2.56 bits per heavy atom. The molecule has 4 nitrogen and oxygen atoms in total. The zero-order valence-electron chi connectivity index (χ0n) is 9.69. The van der Waals surface area contributed by atoms with Gasteiger partial charge in [0.2, 0.25) is 0 Å². The van der Waals surface area contributed by atoms with Crippen molar-refractivity contribution in [2.75, 3.05) is 20.6 Å². The minimum atomic E-state index is -0.391. The number of carbonyl (C=O) groups excluding carboxylic acids is 2. The van der Waals surface area contributed by atoms with Gasteiger partial charge in [-0.3, -0.25) is 9.59 Å². The van der Waals surface area contributed by atoms with E-state index in [4.69, 9.17) is 4.74 Å². The standard InChI is InChI=1S/C12H15NO3/c1-9(14)16-11-6-4-5-10(7-11)12(15)8-13(2)3/h4-7H,8H2,1-3H3. The Kier molecular flexibility index (Phi) is 4.19. The van der Waals surface area contributed by atoms with Gasteiger partial charge >= 0.3 is 5.97 Å². The average molecular weight is 221 g/mol. The zero-order chi connectivity index (χ0) is 12.1. The van der Waals surface area contributed by atoms with Crippen LogP contribution in [-0.4, -0.2) is 37.3 Å². The van der Waals surface area contributed by atoms with Crippen LogP contribution >= 0.6 is 0 Å². The normalized spacial score (nSPS) is 10.2. The summed E-state index contributed by atoms with van der Waals surface area (Å²) in [7, 11) is 3.65. The topological polar surface area (TPSA) is 46.6 Å². The van der Waals surface area contributed by atoms with Crippen molar-refractivity contribution in [1.29, 1.82) is 0 Å². The molecule has 0 aliphatic heterocycles. The number of hydrogen-bond acceptors (Lipinski definition) is 4. The van der Waals surface area contributed by atoms with E-state index in [1.807, 2.05) is 14.1 Å². The molecule has 0 radical (unpaired) electrons. The van der Waals surface area contributed by atoms with Crippen molar-refractivity contribution in [1.82, 2.24) is 4.90 Å². The maximum absolute atomic E-state index is 11.7. The lowest BCUT2D eigenvalue weighted by Crippen LogP contribution is -2.21. The van der Waals surface area contributed by atoms with Crippen LogP contribution in [0.1, 0.15) is 17.3 Å². The third-order valence-electron chi connectivity index (χ3n) is 1.88. The molecule has 0 amide bonds. The van der Waals surface area contributed by atoms with E-state index in [0.717, 1.165) is 0 Å². The Morgan fingerprint density at radius 2 is 2.00 bits per heavy atom. The first kappa shape index (κ1) is 12.4. The molecular formula is C12H15NO3. The van der Waals surface area contributed by atoms with Crippen LogP contribution in [0.25, 0.3) is 0 Å². The van der Waals surface area contributed by atoms with Crippen molar-refractivity contribution < 1.29 is 14.3 Å². The minimum absolute atomic E-state index is 0.000924. The van der Waals surface area contributed by atoms with Crippen LogP contribution in [0, 0.1) is 0 Å². The second-order valence-corrected chi connectivity index (χ2v) is 3.78. The predicted octanol–water partition coefficient (Wildman–Crippen LogP) is 1.36. The number of nitrogens with zero attached hydrogens (tertiary/aromatic N) is 1. The third kappa shape index (κ3) is 3.82. The van der Waals surface area contributed by atoms with Gasteiger partial charge in [0, 0.05) is 12.5 Å². The number of carbonyl (C=O) groups is 2. The number of likely N-dealkylation sites (N-methyl/N-ethyl adjacent to an activating group) is 1. The molecule has 0 aromatic heterocycles. The lowest BCUT2D eigenvalue weighted by Gasteiger charge is -2.09. The fourth-order valence-electron chi connectivity index (χ4n) is 1.28. The van der Waals surface area contributed by atoms with Gasteiger partial charge in [-0.25, -0.2) is 0 Å². The summed E-state index contributed by atoms with van der Waals surface area (Å²) in [5.41, 5.74) is 0.549. The Labute approximate surface area is 94.8 Å². The summed E-state index contributed by atoms with van der Waals surface area (Å²) in [5.74, 6) is 0.00770. The molecule has 86 valence electrons. The summed E-state index contributed by atoms with van der Waals surface area (Å²) >= 11 is 0. The van der Waals surface area contributed by atoms with Crippen molar-refractivity contribution in [3.8, 4) is 5.75 Å². The van der Waals surface area contributed by atoms with E-state index in [0.29, 0.717) is 17.9 Å². The smallest absolute Gasteiger partial charge is 0.308 e. The van der Waals surface area contributed by atoms with Gasteiger partial charge < -0.3 is 9.64 Å². The highest BCUT2D eigenvalue weighted by Gasteiger charge is 2.08. The molecule has 1 aromatic carbocycles. The van der Waals surface area contributed by atoms with Gasteiger partial charge in [-0.05, 0) is 26.2 Å². The summed E-state index contributed by atoms with van der Waals surface area (Å²) in [5, 5.41) is 0. The first-order chi connectivity index (χ1) is 7.49. The van der Waals surface area contributed by atoms with Crippen LogP contribution in [0.5, 0.6) is 5.75 Å². The molecule has 0 atom stereocenters. The van der Waals surface area contributed by atoms with Gasteiger partial charge in [0.15, 0.2) is 5.78 Å². The molecule has 0 heterocycles. The average Bonchev–Trinajstić information content (AvgIpc) is 2.16. The number of benzene rings is 1. The predicted molar refractivity (Wildman–Crippen MR) is 60.6 cm³/mol. The molecule has 0 aliphatic rings. The molecule has 0 bridgehead atoms. The monoisotopic (exact) mass is 221 g/mol. The number of esters is 1. The van der Waals surface area contributed by atoms with Gasteiger partial charge in [-0.15, -0.1) is 0 Å². The quantitative estimate of drug-likeness (QED) is 0.437. The van der Waals surface area contributed by atoms with Crippen LogP contribution < -0.4 is 4.74 Å². The summed E-state index contributed by atoms with van der Waals surface area (Å²) in [6.45, 7) is 1.66. The molecule has 1 aromatic rings. The molecule has 4 heteroatoms. The van der Waals surface area contributed by atoms with E-state index in [1.54, 1.807) is 29.2 Å². The van der Waals surface area contributed by atoms with Crippen molar-refractivity contribution in [2.24, 2.45) is 0 Å². The van der Waals surface area contributed by atoms with Crippen molar-refractivity contribution in [3.05, 3.63) is 29.8 Å². The SMILES string of the molecule is CC(=O)Oc1cccc(C(=O)CN(C)C)c1. The number of Topliss-reactive ketones (excluding diaryl/α,β-unsaturated/α-hetero) is 1. The number of ether oxygens (including phenoxy) is 1. The summed E-state index contributed by atoms with van der Waals surface area (Å²) < 4.78 is 4.91. The highest BCUT2D eigenvalue weighted by Crippen LogP contribution is 2.14. The van der Waals surface area contributed by atoms with Gasteiger partial charge in [0.1, 0.15) is 5.75 Å². The fraction of sp³-hybridized carbons (Fsp3) is 0.333. The number of rotatable bonds is 4. The third-order valence-corrected chi connectivity index (χ3v) is 1.88. The van der Waals surface area contributed by atoms with Crippen molar-refractivity contribution in [3.63, 3.8) is 0 Å². The molecule has 16 heavy (non-hydrogen) atoms. The van der Waals surface area contributed by atoms with E-state index < -0.39 is 5.97 Å². The highest BCUT2D eigenvalue weighted by molar-refractivity contribution is 5.98. The molecule has 0 fully saturated rings. The molecule has 1 rings (SSSR count). The molecule has 0 saturated heterocycles. The zero-order valence-corrected chi connectivity index (χ0v) is 9.69. The molecule has 0 unspecified atom stereocenters. The maximum Gasteiger partial charge on any atom is 0.308 e. The second-order valence-electron chi connectivity index (χ2n) is 3.78. The Bertz CT molecular complexity index is 399. The van der Waals surface area contributed by atoms with E-state index >= 15 is 0 Å². The van der Waals surface area contributed by atoms with Crippen LogP contribution in [0.15, 0.2) is 24.3 Å². The number of ketones is 1. The van der Waals surface area contributed by atoms with Gasteiger partial charge in [-0.1, -0.05) is 12.1 Å². The lowest BCUT2D eigenvalue weighted by molar-refractivity contribution is -0.131. The summed E-state index contributed by atoms with van der Waals surface area (Å²) in [4.78, 5) is 24.3. The highest BCUT2D eigenvalue weighted by atomic mass is 16.5. The number of hydrogen-bond donors (Lipinski definition) is 0. The largest absolute Gasteiger partial charge is 0.427 e. The van der Waals surface area contributed by atoms with Crippen molar-refractivity contribution >= 4 is 11.8 Å². The van der Waals surface area contributed by atoms with Crippen molar-refractivity contribution in [2.45, 2.75) is 6.92 Å². The van der Waals surface area contributed by atoms with Gasteiger partial charge in [0.05, 0.1) is 6.54 Å². The molecular weight excluding hydrogens is 206 g/mol. The van der Waals surface area contributed by atoms with Crippen LogP contribution in [0.3, 0.4) is 0 Å². The van der Waals surface area contributed by atoms with Gasteiger partial charge in [-0.2, -0.15) is 0 Å². The second kappa shape index (κ2) is 5.42.